The van der Waals surface area contributed by atoms with E-state index in [-0.39, 0.29) is 19.1 Å². The fourth-order valence-corrected chi connectivity index (χ4v) is 2.64. The third kappa shape index (κ3) is 4.41. The Hall–Kier alpha value is -3.42. The minimum absolute atomic E-state index is 0.0723. The summed E-state index contributed by atoms with van der Waals surface area (Å²) in [6.45, 7) is 8.17. The third-order valence-corrected chi connectivity index (χ3v) is 3.99. The van der Waals surface area contributed by atoms with Crippen molar-refractivity contribution in [3.05, 3.63) is 92.7 Å². The number of rotatable bonds is 8. The Morgan fingerprint density at radius 1 is 0.963 bits per heavy atom. The Bertz CT molecular complexity index is 966. The molecule has 8 nitrogen and oxygen atoms in total. The molecule has 0 aliphatic heterocycles. The molecule has 0 aliphatic carbocycles. The zero-order valence-electron chi connectivity index (χ0n) is 15.1. The Balaban J connectivity index is 2.37. The van der Waals surface area contributed by atoms with Gasteiger partial charge >= 0.3 is 17.1 Å². The number of nitrogens with zero attached hydrogens (tertiary/aromatic N) is 3. The second-order valence-corrected chi connectivity index (χ2v) is 5.93. The number of carbonyl (C=O) groups is 1. The molecule has 1 heterocycles. The lowest BCUT2D eigenvalue weighted by Gasteiger charge is -2.16. The Morgan fingerprint density at radius 3 is 1.93 bits per heavy atom. The van der Waals surface area contributed by atoms with Gasteiger partial charge in [0, 0.05) is 0 Å². The van der Waals surface area contributed by atoms with Crippen LogP contribution in [0.1, 0.15) is 18.5 Å². The Morgan fingerprint density at radius 2 is 1.44 bits per heavy atom. The van der Waals surface area contributed by atoms with Crippen LogP contribution in [0.5, 0.6) is 0 Å². The van der Waals surface area contributed by atoms with Crippen molar-refractivity contribution in [2.24, 2.45) is 0 Å². The first kappa shape index (κ1) is 19.9. The van der Waals surface area contributed by atoms with E-state index in [1.54, 1.807) is 6.92 Å². The summed E-state index contributed by atoms with van der Waals surface area (Å²) < 4.78 is 2.44. The monoisotopic (exact) mass is 370 g/mol. The number of hydrogen-bond acceptors (Lipinski definition) is 4. The molecule has 8 heteroatoms. The van der Waals surface area contributed by atoms with E-state index in [0.29, 0.717) is 0 Å². The van der Waals surface area contributed by atoms with Crippen molar-refractivity contribution >= 4 is 5.91 Å². The number of amides is 1. The summed E-state index contributed by atoms with van der Waals surface area (Å²) >= 11 is 0. The van der Waals surface area contributed by atoms with Crippen LogP contribution in [0.25, 0.3) is 0 Å². The average Bonchev–Trinajstić information content (AvgIpc) is 2.66. The van der Waals surface area contributed by atoms with Crippen LogP contribution in [0.2, 0.25) is 0 Å². The molecule has 0 bridgehead atoms. The predicted molar refractivity (Wildman–Crippen MR) is 103 cm³/mol. The van der Waals surface area contributed by atoms with E-state index in [9.17, 15) is 19.2 Å². The van der Waals surface area contributed by atoms with Crippen LogP contribution in [0, 0.1) is 0 Å². The fourth-order valence-electron chi connectivity index (χ4n) is 2.64. The summed E-state index contributed by atoms with van der Waals surface area (Å²) in [5, 5.41) is 2.74. The highest BCUT2D eigenvalue weighted by molar-refractivity contribution is 5.76. The molecule has 0 saturated heterocycles. The quantitative estimate of drug-likeness (QED) is 0.682. The lowest BCUT2D eigenvalue weighted by molar-refractivity contribution is -0.122. The van der Waals surface area contributed by atoms with Gasteiger partial charge in [-0.25, -0.2) is 28.1 Å². The molecule has 142 valence electrons. The first-order valence-electron chi connectivity index (χ1n) is 8.41. The maximum Gasteiger partial charge on any atom is 0.337 e. The Labute approximate surface area is 155 Å². The molecule has 0 spiro atoms. The van der Waals surface area contributed by atoms with Gasteiger partial charge < -0.3 is 5.32 Å². The van der Waals surface area contributed by atoms with Crippen molar-refractivity contribution < 1.29 is 4.79 Å². The minimum atomic E-state index is -0.854. The van der Waals surface area contributed by atoms with Crippen LogP contribution >= 0.6 is 0 Å². The molecule has 1 aromatic carbocycles. The molecule has 1 unspecified atom stereocenters. The Kier molecular flexibility index (Phi) is 6.48. The van der Waals surface area contributed by atoms with Crippen molar-refractivity contribution in [2.75, 3.05) is 0 Å². The van der Waals surface area contributed by atoms with Crippen molar-refractivity contribution in [3.63, 3.8) is 0 Å². The number of aromatic nitrogens is 3. The summed E-state index contributed by atoms with van der Waals surface area (Å²) in [5.74, 6) is -0.514. The van der Waals surface area contributed by atoms with Gasteiger partial charge in [-0.3, -0.25) is 4.79 Å². The second-order valence-electron chi connectivity index (χ2n) is 5.93. The molecule has 0 radical (unpaired) electrons. The van der Waals surface area contributed by atoms with E-state index < -0.39 is 29.5 Å². The summed E-state index contributed by atoms with van der Waals surface area (Å²) in [4.78, 5) is 49.7. The molecule has 1 aromatic heterocycles. The lowest BCUT2D eigenvalue weighted by Crippen LogP contribution is -2.55. The molecule has 0 fully saturated rings. The van der Waals surface area contributed by atoms with Gasteiger partial charge in [0.2, 0.25) is 5.91 Å². The highest BCUT2D eigenvalue weighted by Gasteiger charge is 2.17. The van der Waals surface area contributed by atoms with Crippen molar-refractivity contribution in [1.29, 1.82) is 0 Å². The number of benzene rings is 1. The third-order valence-electron chi connectivity index (χ3n) is 3.99. The van der Waals surface area contributed by atoms with Crippen LogP contribution in [0.4, 0.5) is 0 Å². The van der Waals surface area contributed by atoms with Gasteiger partial charge in [0.25, 0.3) is 0 Å². The highest BCUT2D eigenvalue weighted by atomic mass is 16.2. The normalized spacial score (nSPS) is 11.6. The van der Waals surface area contributed by atoms with E-state index in [2.05, 4.69) is 18.5 Å². The summed E-state index contributed by atoms with van der Waals surface area (Å²) in [6, 6.07) is 8.98. The zero-order valence-corrected chi connectivity index (χ0v) is 15.1. The molecule has 0 aliphatic rings. The SMILES string of the molecule is C=CCn1c(=O)n(CC=C)c(=O)n(CC(=O)NC(C)c2ccccc2)c1=O. The molecular weight excluding hydrogens is 348 g/mol. The zero-order chi connectivity index (χ0) is 20.0. The molecule has 2 rings (SSSR count). The van der Waals surface area contributed by atoms with Crippen molar-refractivity contribution in [2.45, 2.75) is 32.6 Å². The van der Waals surface area contributed by atoms with Crippen molar-refractivity contribution in [3.8, 4) is 0 Å². The largest absolute Gasteiger partial charge is 0.348 e. The number of nitrogens with one attached hydrogen (secondary N) is 1. The maximum atomic E-state index is 12.5. The van der Waals surface area contributed by atoms with Crippen LogP contribution in [0.15, 0.2) is 70.0 Å². The van der Waals surface area contributed by atoms with E-state index >= 15 is 0 Å². The molecule has 1 N–H and O–H groups in total. The van der Waals surface area contributed by atoms with E-state index in [0.717, 1.165) is 19.3 Å². The van der Waals surface area contributed by atoms with Gasteiger partial charge in [0.15, 0.2) is 0 Å². The summed E-state index contributed by atoms with van der Waals surface area (Å²) in [7, 11) is 0. The van der Waals surface area contributed by atoms with Crippen LogP contribution in [-0.4, -0.2) is 19.6 Å². The standard InChI is InChI=1S/C19H22N4O4/c1-4-11-21-17(25)22(12-5-2)19(27)23(18(21)26)13-16(24)20-14(3)15-9-7-6-8-10-15/h4-10,14H,1-2,11-13H2,3H3,(H,20,24). The van der Waals surface area contributed by atoms with Crippen LogP contribution in [-0.2, 0) is 24.4 Å². The van der Waals surface area contributed by atoms with Crippen molar-refractivity contribution in [1.82, 2.24) is 19.0 Å². The highest BCUT2D eigenvalue weighted by Crippen LogP contribution is 2.10. The number of allylic oxidation sites excluding steroid dienone is 2. The second kappa shape index (κ2) is 8.79. The van der Waals surface area contributed by atoms with Gasteiger partial charge in [-0.05, 0) is 12.5 Å². The molecule has 2 aromatic rings. The first-order valence-corrected chi connectivity index (χ1v) is 8.41. The summed E-state index contributed by atoms with van der Waals surface area (Å²) in [6.07, 6.45) is 2.74. The van der Waals surface area contributed by atoms with Gasteiger partial charge in [-0.15, -0.1) is 13.2 Å². The molecule has 27 heavy (non-hydrogen) atoms. The fraction of sp³-hybridized carbons (Fsp3) is 0.263. The minimum Gasteiger partial charge on any atom is -0.348 e. The molecule has 1 atom stereocenters. The van der Waals surface area contributed by atoms with Crippen LogP contribution in [0.3, 0.4) is 0 Å². The van der Waals surface area contributed by atoms with Crippen LogP contribution < -0.4 is 22.4 Å². The first-order chi connectivity index (χ1) is 12.9. The predicted octanol–water partition coefficient (Wildman–Crippen LogP) is 0.421. The number of carbonyl (C=O) groups excluding carboxylic acids is 1. The lowest BCUT2D eigenvalue weighted by atomic mass is 10.1. The van der Waals surface area contributed by atoms with Gasteiger partial charge in [-0.2, -0.15) is 0 Å². The average molecular weight is 370 g/mol. The van der Waals surface area contributed by atoms with E-state index in [4.69, 9.17) is 0 Å². The van der Waals surface area contributed by atoms with Gasteiger partial charge in [0.05, 0.1) is 19.1 Å². The molecular formula is C19H22N4O4. The topological polar surface area (TPSA) is 95.1 Å². The summed E-state index contributed by atoms with van der Waals surface area (Å²) in [5.41, 5.74) is -1.58. The van der Waals surface area contributed by atoms with E-state index in [1.165, 1.54) is 12.2 Å². The van der Waals surface area contributed by atoms with E-state index in [1.807, 2.05) is 30.3 Å². The molecule has 0 saturated carbocycles. The maximum absolute atomic E-state index is 12.5. The molecule has 1 amide bonds. The smallest absolute Gasteiger partial charge is 0.337 e. The number of hydrogen-bond donors (Lipinski definition) is 1. The van der Waals surface area contributed by atoms with Gasteiger partial charge in [-0.1, -0.05) is 42.5 Å². The van der Waals surface area contributed by atoms with Gasteiger partial charge in [0.1, 0.15) is 6.54 Å².